The van der Waals surface area contributed by atoms with E-state index in [0.717, 1.165) is 6.42 Å². The molecule has 1 aromatic heterocycles. The first-order chi connectivity index (χ1) is 8.11. The maximum atomic E-state index is 5.44. The molecule has 0 aliphatic heterocycles. The fraction of sp³-hybridized carbons (Fsp3) is 0.583. The summed E-state index contributed by atoms with van der Waals surface area (Å²) in [6.07, 6.45) is 6.42. The number of nitrogens with one attached hydrogen (secondary N) is 1. The lowest BCUT2D eigenvalue weighted by Gasteiger charge is -2.07. The van der Waals surface area contributed by atoms with Crippen molar-refractivity contribution in [1.82, 2.24) is 20.5 Å². The van der Waals surface area contributed by atoms with Crippen molar-refractivity contribution < 1.29 is 4.74 Å². The lowest BCUT2D eigenvalue weighted by molar-refractivity contribution is 0.230. The van der Waals surface area contributed by atoms with Crippen molar-refractivity contribution in [2.45, 2.75) is 39.3 Å². The molecule has 1 rings (SSSR count). The standard InChI is InChI=1S/C12H20N4O/c1-9(2)17-12-8-14-16-11(15-12)7-5-6-10(3)13-4/h5,7-10,13H,6H2,1-4H3/b7-5+. The Kier molecular flexibility index (Phi) is 5.56. The van der Waals surface area contributed by atoms with E-state index in [1.807, 2.05) is 33.0 Å². The summed E-state index contributed by atoms with van der Waals surface area (Å²) in [4.78, 5) is 4.23. The van der Waals surface area contributed by atoms with Crippen LogP contribution >= 0.6 is 0 Å². The molecule has 1 atom stereocenters. The zero-order valence-corrected chi connectivity index (χ0v) is 10.8. The van der Waals surface area contributed by atoms with E-state index in [2.05, 4.69) is 27.4 Å². The van der Waals surface area contributed by atoms with Crippen molar-refractivity contribution in [2.75, 3.05) is 7.05 Å². The lowest BCUT2D eigenvalue weighted by atomic mass is 10.2. The van der Waals surface area contributed by atoms with Crippen molar-refractivity contribution in [2.24, 2.45) is 0 Å². The summed E-state index contributed by atoms with van der Waals surface area (Å²) in [7, 11) is 1.94. The van der Waals surface area contributed by atoms with Gasteiger partial charge in [0.1, 0.15) is 6.20 Å². The van der Waals surface area contributed by atoms with Gasteiger partial charge in [-0.3, -0.25) is 0 Å². The second-order valence-corrected chi connectivity index (χ2v) is 4.15. The highest BCUT2D eigenvalue weighted by Crippen LogP contribution is 2.07. The predicted molar refractivity (Wildman–Crippen MR) is 67.8 cm³/mol. The summed E-state index contributed by atoms with van der Waals surface area (Å²) in [5.41, 5.74) is 0. The number of hydrogen-bond acceptors (Lipinski definition) is 5. The minimum absolute atomic E-state index is 0.0906. The van der Waals surface area contributed by atoms with Gasteiger partial charge in [0.2, 0.25) is 5.88 Å². The van der Waals surface area contributed by atoms with E-state index in [-0.39, 0.29) is 6.10 Å². The number of hydrogen-bond donors (Lipinski definition) is 1. The maximum Gasteiger partial charge on any atom is 0.236 e. The van der Waals surface area contributed by atoms with Crippen molar-refractivity contribution in [3.05, 3.63) is 18.1 Å². The Hall–Kier alpha value is -1.49. The Balaban J connectivity index is 2.59. The molecule has 0 saturated heterocycles. The number of ether oxygens (including phenoxy) is 1. The summed E-state index contributed by atoms with van der Waals surface area (Å²) in [5, 5.41) is 10.9. The van der Waals surface area contributed by atoms with Gasteiger partial charge in [0.05, 0.1) is 6.10 Å². The zero-order valence-electron chi connectivity index (χ0n) is 10.8. The highest BCUT2D eigenvalue weighted by atomic mass is 16.5. The molecule has 1 unspecified atom stereocenters. The van der Waals surface area contributed by atoms with Gasteiger partial charge in [-0.1, -0.05) is 6.08 Å². The first kappa shape index (κ1) is 13.6. The third kappa shape index (κ3) is 5.40. The number of nitrogens with zero attached hydrogens (tertiary/aromatic N) is 3. The summed E-state index contributed by atoms with van der Waals surface area (Å²) in [6.45, 7) is 6.01. The van der Waals surface area contributed by atoms with Crippen molar-refractivity contribution in [1.29, 1.82) is 0 Å². The van der Waals surface area contributed by atoms with Gasteiger partial charge in [-0.25, -0.2) is 0 Å². The van der Waals surface area contributed by atoms with Crippen LogP contribution in [0, 0.1) is 0 Å². The third-order valence-corrected chi connectivity index (χ3v) is 2.16. The molecule has 0 bridgehead atoms. The van der Waals surface area contributed by atoms with Crippen molar-refractivity contribution >= 4 is 6.08 Å². The van der Waals surface area contributed by atoms with E-state index in [1.165, 1.54) is 6.20 Å². The smallest absolute Gasteiger partial charge is 0.236 e. The van der Waals surface area contributed by atoms with E-state index in [1.54, 1.807) is 0 Å². The van der Waals surface area contributed by atoms with Gasteiger partial charge in [-0.15, -0.1) is 5.10 Å². The molecule has 5 heteroatoms. The van der Waals surface area contributed by atoms with Crippen LogP contribution in [0.1, 0.15) is 33.0 Å². The third-order valence-electron chi connectivity index (χ3n) is 2.16. The molecule has 1 N–H and O–H groups in total. The van der Waals surface area contributed by atoms with Gasteiger partial charge in [-0.2, -0.15) is 10.1 Å². The molecule has 0 radical (unpaired) electrons. The van der Waals surface area contributed by atoms with Gasteiger partial charge in [0.15, 0.2) is 5.82 Å². The maximum absolute atomic E-state index is 5.44. The van der Waals surface area contributed by atoms with Gasteiger partial charge in [0, 0.05) is 6.04 Å². The summed E-state index contributed by atoms with van der Waals surface area (Å²) in [6, 6.07) is 0.439. The van der Waals surface area contributed by atoms with E-state index in [9.17, 15) is 0 Å². The highest BCUT2D eigenvalue weighted by Gasteiger charge is 2.01. The topological polar surface area (TPSA) is 59.9 Å². The molecular formula is C12H20N4O. The first-order valence-electron chi connectivity index (χ1n) is 5.82. The summed E-state index contributed by atoms with van der Waals surface area (Å²) in [5.74, 6) is 1.09. The molecule has 0 spiro atoms. The average molecular weight is 236 g/mol. The Labute approximate surface area is 102 Å². The quantitative estimate of drug-likeness (QED) is 0.814. The number of aromatic nitrogens is 3. The van der Waals surface area contributed by atoms with Gasteiger partial charge in [-0.05, 0) is 40.3 Å². The van der Waals surface area contributed by atoms with Gasteiger partial charge >= 0.3 is 0 Å². The molecule has 1 aromatic rings. The van der Waals surface area contributed by atoms with E-state index in [0.29, 0.717) is 17.7 Å². The minimum atomic E-state index is 0.0906. The molecule has 94 valence electrons. The fourth-order valence-electron chi connectivity index (χ4n) is 1.17. The van der Waals surface area contributed by atoms with Crippen LogP contribution in [0.3, 0.4) is 0 Å². The van der Waals surface area contributed by atoms with Gasteiger partial charge in [0.25, 0.3) is 0 Å². The van der Waals surface area contributed by atoms with Crippen LogP contribution in [0.15, 0.2) is 12.3 Å². The second-order valence-electron chi connectivity index (χ2n) is 4.15. The molecule has 0 amide bonds. The van der Waals surface area contributed by atoms with Gasteiger partial charge < -0.3 is 10.1 Å². The average Bonchev–Trinajstić information content (AvgIpc) is 2.28. The Morgan fingerprint density at radius 1 is 1.41 bits per heavy atom. The molecule has 0 aromatic carbocycles. The monoisotopic (exact) mass is 236 g/mol. The largest absolute Gasteiger partial charge is 0.474 e. The fourth-order valence-corrected chi connectivity index (χ4v) is 1.17. The van der Waals surface area contributed by atoms with Crippen LogP contribution in [-0.4, -0.2) is 34.4 Å². The Morgan fingerprint density at radius 2 is 2.18 bits per heavy atom. The predicted octanol–water partition coefficient (Wildman–Crippen LogP) is 1.67. The normalized spacial score (nSPS) is 13.2. The van der Waals surface area contributed by atoms with E-state index < -0.39 is 0 Å². The lowest BCUT2D eigenvalue weighted by Crippen LogP contribution is -2.19. The molecule has 0 aliphatic rings. The molecule has 0 fully saturated rings. The van der Waals surface area contributed by atoms with Crippen LogP contribution in [0.25, 0.3) is 6.08 Å². The first-order valence-corrected chi connectivity index (χ1v) is 5.82. The summed E-state index contributed by atoms with van der Waals surface area (Å²) < 4.78 is 5.44. The second kappa shape index (κ2) is 6.96. The SMILES string of the molecule is CNC(C)C/C=C/c1nncc(OC(C)C)n1. The van der Waals surface area contributed by atoms with Crippen LogP contribution in [0.4, 0.5) is 0 Å². The molecule has 17 heavy (non-hydrogen) atoms. The van der Waals surface area contributed by atoms with Crippen LogP contribution in [0.2, 0.25) is 0 Å². The van der Waals surface area contributed by atoms with Crippen LogP contribution < -0.4 is 10.1 Å². The Bertz CT molecular complexity index is 365. The van der Waals surface area contributed by atoms with Crippen LogP contribution in [0.5, 0.6) is 5.88 Å². The Morgan fingerprint density at radius 3 is 2.82 bits per heavy atom. The van der Waals surface area contributed by atoms with Crippen molar-refractivity contribution in [3.8, 4) is 5.88 Å². The minimum Gasteiger partial charge on any atom is -0.474 e. The van der Waals surface area contributed by atoms with E-state index >= 15 is 0 Å². The molecule has 0 aliphatic carbocycles. The van der Waals surface area contributed by atoms with Crippen molar-refractivity contribution in [3.63, 3.8) is 0 Å². The zero-order chi connectivity index (χ0) is 12.7. The number of rotatable bonds is 6. The van der Waals surface area contributed by atoms with E-state index in [4.69, 9.17) is 4.74 Å². The molecule has 5 nitrogen and oxygen atoms in total. The van der Waals surface area contributed by atoms with Crippen LogP contribution in [-0.2, 0) is 0 Å². The molecule has 1 heterocycles. The molecular weight excluding hydrogens is 216 g/mol. The summed E-state index contributed by atoms with van der Waals surface area (Å²) >= 11 is 0. The highest BCUT2D eigenvalue weighted by molar-refractivity contribution is 5.39. The molecule has 0 saturated carbocycles.